The first-order chi connectivity index (χ1) is 15.3. The molecule has 1 aromatic carbocycles. The first-order valence-corrected chi connectivity index (χ1v) is 11.3. The van der Waals surface area contributed by atoms with E-state index in [-0.39, 0.29) is 30.2 Å². The van der Waals surface area contributed by atoms with Gasteiger partial charge in [0.05, 0.1) is 12.1 Å². The lowest BCUT2D eigenvalue weighted by atomic mass is 9.86. The summed E-state index contributed by atoms with van der Waals surface area (Å²) in [6, 6.07) is 2.37. The average Bonchev–Trinajstić information content (AvgIpc) is 3.19. The highest BCUT2D eigenvalue weighted by Crippen LogP contribution is 2.38. The van der Waals surface area contributed by atoms with Gasteiger partial charge in [-0.05, 0) is 56.0 Å². The number of likely N-dealkylation sites (N-methyl/N-ethyl adjacent to an activating group) is 1. The van der Waals surface area contributed by atoms with E-state index >= 15 is 0 Å². The molecule has 0 radical (unpaired) electrons. The van der Waals surface area contributed by atoms with Crippen LogP contribution in [0.5, 0.6) is 0 Å². The number of methoxy groups -OCH3 is 1. The number of nitrogens with one attached hydrogen (secondary N) is 1. The van der Waals surface area contributed by atoms with E-state index in [1.807, 2.05) is 0 Å². The molecule has 178 valence electrons. The van der Waals surface area contributed by atoms with Crippen LogP contribution in [0.2, 0.25) is 0 Å². The molecule has 2 unspecified atom stereocenters. The van der Waals surface area contributed by atoms with Gasteiger partial charge in [-0.1, -0.05) is 6.92 Å². The van der Waals surface area contributed by atoms with Gasteiger partial charge in [-0.15, -0.1) is 0 Å². The summed E-state index contributed by atoms with van der Waals surface area (Å²) in [5.41, 5.74) is 0.978. The highest BCUT2D eigenvalue weighted by atomic mass is 19.2. The predicted molar refractivity (Wildman–Crippen MR) is 117 cm³/mol. The maximum absolute atomic E-state index is 13.8. The van der Waals surface area contributed by atoms with Crippen LogP contribution in [0.1, 0.15) is 56.1 Å². The summed E-state index contributed by atoms with van der Waals surface area (Å²) in [6.45, 7) is 3.03. The molecule has 1 saturated heterocycles. The molecule has 1 aromatic rings. The van der Waals surface area contributed by atoms with Gasteiger partial charge in [0.2, 0.25) is 11.8 Å². The standard InChI is InChI=1S/C23H34F2N4O3/c1-4-21(30)29(26)23(14-32-3)7-9-28(10-8-23)22(31)13-20(27-2)16-6-5-15-11-18(24)19(25)12-17(15)16/h11-12,16,20,27H,4-10,13-14,26H2,1-3H3. The van der Waals surface area contributed by atoms with Gasteiger partial charge in [0, 0.05) is 45.0 Å². The van der Waals surface area contributed by atoms with E-state index in [0.717, 1.165) is 17.5 Å². The minimum Gasteiger partial charge on any atom is -0.382 e. The summed E-state index contributed by atoms with van der Waals surface area (Å²) in [6.07, 6.45) is 3.06. The lowest BCUT2D eigenvalue weighted by Gasteiger charge is -2.46. The Morgan fingerprint density at radius 1 is 1.31 bits per heavy atom. The second-order valence-corrected chi connectivity index (χ2v) is 8.87. The SMILES string of the molecule is CCC(=O)N(N)C1(COC)CCN(C(=O)CC(NC)C2CCc3cc(F)c(F)cc32)CC1. The molecular weight excluding hydrogens is 418 g/mol. The van der Waals surface area contributed by atoms with Crippen LogP contribution in [0.15, 0.2) is 12.1 Å². The zero-order chi connectivity index (χ0) is 23.5. The van der Waals surface area contributed by atoms with Crippen LogP contribution in [0.4, 0.5) is 8.78 Å². The number of nitrogens with two attached hydrogens (primary N) is 1. The summed E-state index contributed by atoms with van der Waals surface area (Å²) in [5.74, 6) is 4.25. The van der Waals surface area contributed by atoms with Crippen molar-refractivity contribution in [3.8, 4) is 0 Å². The molecule has 0 aromatic heterocycles. The summed E-state index contributed by atoms with van der Waals surface area (Å²) in [5, 5.41) is 4.50. The number of amides is 2. The Morgan fingerprint density at radius 2 is 1.97 bits per heavy atom. The van der Waals surface area contributed by atoms with E-state index in [4.69, 9.17) is 10.6 Å². The van der Waals surface area contributed by atoms with E-state index in [2.05, 4.69) is 5.32 Å². The third-order valence-corrected chi connectivity index (χ3v) is 7.10. The van der Waals surface area contributed by atoms with Gasteiger partial charge in [0.1, 0.15) is 0 Å². The second-order valence-electron chi connectivity index (χ2n) is 8.87. The number of carbonyl (C=O) groups is 2. The molecule has 1 aliphatic heterocycles. The van der Waals surface area contributed by atoms with E-state index in [1.165, 1.54) is 17.1 Å². The number of benzene rings is 1. The van der Waals surface area contributed by atoms with E-state index in [9.17, 15) is 18.4 Å². The van der Waals surface area contributed by atoms with Crippen LogP contribution in [-0.4, -0.2) is 67.2 Å². The van der Waals surface area contributed by atoms with Gasteiger partial charge >= 0.3 is 0 Å². The molecule has 3 N–H and O–H groups in total. The number of hydrogen-bond acceptors (Lipinski definition) is 5. The molecular formula is C23H34F2N4O3. The monoisotopic (exact) mass is 452 g/mol. The third kappa shape index (κ3) is 4.79. The molecule has 32 heavy (non-hydrogen) atoms. The summed E-state index contributed by atoms with van der Waals surface area (Å²) >= 11 is 0. The Kier molecular flexibility index (Phi) is 7.84. The first-order valence-electron chi connectivity index (χ1n) is 11.3. The molecule has 1 fully saturated rings. The molecule has 7 nitrogen and oxygen atoms in total. The lowest BCUT2D eigenvalue weighted by molar-refractivity contribution is -0.146. The number of rotatable bonds is 8. The Morgan fingerprint density at radius 3 is 2.56 bits per heavy atom. The molecule has 0 saturated carbocycles. The van der Waals surface area contributed by atoms with E-state index in [0.29, 0.717) is 45.4 Å². The van der Waals surface area contributed by atoms with Crippen LogP contribution in [-0.2, 0) is 20.7 Å². The number of hydrazine groups is 1. The summed E-state index contributed by atoms with van der Waals surface area (Å²) in [7, 11) is 3.37. The quantitative estimate of drug-likeness (QED) is 0.358. The fourth-order valence-electron chi connectivity index (χ4n) is 5.14. The van der Waals surface area contributed by atoms with Crippen LogP contribution in [0, 0.1) is 11.6 Å². The van der Waals surface area contributed by atoms with Gasteiger partial charge in [0.15, 0.2) is 11.6 Å². The topological polar surface area (TPSA) is 87.9 Å². The minimum atomic E-state index is -0.852. The van der Waals surface area contributed by atoms with Crippen LogP contribution in [0.25, 0.3) is 0 Å². The molecule has 1 heterocycles. The van der Waals surface area contributed by atoms with Gasteiger partial charge in [-0.25, -0.2) is 14.6 Å². The van der Waals surface area contributed by atoms with Crippen molar-refractivity contribution < 1.29 is 23.1 Å². The zero-order valence-electron chi connectivity index (χ0n) is 19.1. The minimum absolute atomic E-state index is 0.00297. The van der Waals surface area contributed by atoms with Crippen molar-refractivity contribution in [2.24, 2.45) is 5.84 Å². The maximum atomic E-state index is 13.8. The van der Waals surface area contributed by atoms with E-state index < -0.39 is 17.2 Å². The summed E-state index contributed by atoms with van der Waals surface area (Å²) < 4.78 is 32.8. The van der Waals surface area contributed by atoms with Crippen molar-refractivity contribution in [2.45, 2.75) is 62.9 Å². The number of ether oxygens (including phenoxy) is 1. The molecule has 3 rings (SSSR count). The van der Waals surface area contributed by atoms with E-state index in [1.54, 1.807) is 26.0 Å². The summed E-state index contributed by atoms with van der Waals surface area (Å²) in [4.78, 5) is 27.1. The van der Waals surface area contributed by atoms with Crippen LogP contribution in [0.3, 0.4) is 0 Å². The van der Waals surface area contributed by atoms with Crippen molar-refractivity contribution >= 4 is 11.8 Å². The van der Waals surface area contributed by atoms with Crippen molar-refractivity contribution in [3.05, 3.63) is 34.9 Å². The largest absolute Gasteiger partial charge is 0.382 e. The molecule has 2 amide bonds. The van der Waals surface area contributed by atoms with Gasteiger partial charge < -0.3 is 15.0 Å². The zero-order valence-corrected chi connectivity index (χ0v) is 19.1. The third-order valence-electron chi connectivity index (χ3n) is 7.10. The van der Waals surface area contributed by atoms with Crippen molar-refractivity contribution in [1.82, 2.24) is 15.2 Å². The molecule has 1 aliphatic carbocycles. The smallest absolute Gasteiger partial charge is 0.236 e. The maximum Gasteiger partial charge on any atom is 0.236 e. The fraction of sp³-hybridized carbons (Fsp3) is 0.652. The number of aryl methyl sites for hydroxylation is 1. The Bertz CT molecular complexity index is 843. The Labute approximate surface area is 188 Å². The number of nitrogens with zero attached hydrogens (tertiary/aromatic N) is 2. The van der Waals surface area contributed by atoms with Crippen LogP contribution < -0.4 is 11.2 Å². The van der Waals surface area contributed by atoms with Crippen LogP contribution >= 0.6 is 0 Å². The number of hydrogen-bond donors (Lipinski definition) is 2. The Balaban J connectivity index is 1.65. The highest BCUT2D eigenvalue weighted by Gasteiger charge is 2.42. The fourth-order valence-corrected chi connectivity index (χ4v) is 5.14. The molecule has 0 bridgehead atoms. The number of likely N-dealkylation sites (tertiary alicyclic amines) is 1. The van der Waals surface area contributed by atoms with Gasteiger partial charge in [-0.3, -0.25) is 14.6 Å². The molecule has 0 spiro atoms. The molecule has 2 atom stereocenters. The van der Waals surface area contributed by atoms with Crippen molar-refractivity contribution in [1.29, 1.82) is 0 Å². The second kappa shape index (κ2) is 10.2. The van der Waals surface area contributed by atoms with Crippen molar-refractivity contribution in [3.63, 3.8) is 0 Å². The highest BCUT2D eigenvalue weighted by molar-refractivity contribution is 5.78. The molecule has 9 heteroatoms. The number of carbonyl (C=O) groups excluding carboxylic acids is 2. The number of piperidine rings is 1. The Hall–Kier alpha value is -2.10. The van der Waals surface area contributed by atoms with Crippen molar-refractivity contribution in [2.75, 3.05) is 33.9 Å². The molecule has 2 aliphatic rings. The van der Waals surface area contributed by atoms with Gasteiger partial charge in [0.25, 0.3) is 0 Å². The lowest BCUT2D eigenvalue weighted by Crippen LogP contribution is -2.63. The predicted octanol–water partition coefficient (Wildman–Crippen LogP) is 2.09. The average molecular weight is 453 g/mol. The van der Waals surface area contributed by atoms with Gasteiger partial charge in [-0.2, -0.15) is 0 Å². The normalized spacial score (nSPS) is 20.7. The number of halogens is 2. The number of fused-ring (bicyclic) bond motifs is 1. The first kappa shape index (κ1) is 24.5.